The van der Waals surface area contributed by atoms with Gasteiger partial charge in [0.25, 0.3) is 0 Å². The molecule has 3 nitrogen and oxygen atoms in total. The van der Waals surface area contributed by atoms with Crippen LogP contribution in [0.25, 0.3) is 0 Å². The standard InChI is InChI=1S/C10H7F3O3S/c1-16-9-4-2-8(3-5-9)6-7-17(14,15)10(11,12)13/h2-5H,1H3. The molecule has 0 N–H and O–H groups in total. The maximum Gasteiger partial charge on any atom is 0.509 e. The SMILES string of the molecule is COc1ccc(C#CS(=O)(=O)C(F)(F)F)cc1. The van der Waals surface area contributed by atoms with Crippen LogP contribution in [-0.4, -0.2) is 21.0 Å². The topological polar surface area (TPSA) is 43.4 Å². The van der Waals surface area contributed by atoms with Gasteiger partial charge in [-0.25, -0.2) is 8.42 Å². The van der Waals surface area contributed by atoms with Gasteiger partial charge < -0.3 is 4.74 Å². The van der Waals surface area contributed by atoms with E-state index in [1.807, 2.05) is 5.92 Å². The summed E-state index contributed by atoms with van der Waals surface area (Å²) in [6.45, 7) is 0. The Hall–Kier alpha value is -1.68. The molecule has 7 heteroatoms. The van der Waals surface area contributed by atoms with E-state index in [4.69, 9.17) is 4.74 Å². The van der Waals surface area contributed by atoms with E-state index in [0.717, 1.165) is 0 Å². The second kappa shape index (κ2) is 4.67. The Morgan fingerprint density at radius 1 is 1.18 bits per heavy atom. The van der Waals surface area contributed by atoms with E-state index in [1.54, 1.807) is 0 Å². The highest BCUT2D eigenvalue weighted by Crippen LogP contribution is 2.23. The second-order valence-electron chi connectivity index (χ2n) is 2.90. The van der Waals surface area contributed by atoms with Crippen LogP contribution < -0.4 is 4.74 Å². The van der Waals surface area contributed by atoms with Gasteiger partial charge in [-0.15, -0.1) is 0 Å². The molecule has 1 rings (SSSR count). The van der Waals surface area contributed by atoms with E-state index in [-0.39, 0.29) is 5.56 Å². The van der Waals surface area contributed by atoms with Crippen LogP contribution in [0.3, 0.4) is 0 Å². The highest BCUT2D eigenvalue weighted by molar-refractivity contribution is 7.96. The van der Waals surface area contributed by atoms with Gasteiger partial charge >= 0.3 is 15.3 Å². The first-order valence-electron chi connectivity index (χ1n) is 4.24. The predicted octanol–water partition coefficient (Wildman–Crippen LogP) is 1.94. The minimum absolute atomic E-state index is 0.152. The molecule has 1 aromatic carbocycles. The largest absolute Gasteiger partial charge is 0.509 e. The van der Waals surface area contributed by atoms with E-state index in [2.05, 4.69) is 0 Å². The monoisotopic (exact) mass is 264 g/mol. The number of methoxy groups -OCH3 is 1. The number of halogens is 3. The zero-order valence-corrected chi connectivity index (χ0v) is 9.39. The molecule has 0 aliphatic rings. The maximum atomic E-state index is 11.9. The van der Waals surface area contributed by atoms with E-state index >= 15 is 0 Å². The third-order valence-electron chi connectivity index (χ3n) is 1.72. The first-order valence-corrected chi connectivity index (χ1v) is 5.73. The average molecular weight is 264 g/mol. The number of benzene rings is 1. The Balaban J connectivity index is 3.00. The van der Waals surface area contributed by atoms with E-state index < -0.39 is 15.3 Å². The van der Waals surface area contributed by atoms with Crippen molar-refractivity contribution in [2.24, 2.45) is 0 Å². The van der Waals surface area contributed by atoms with Crippen LogP contribution >= 0.6 is 0 Å². The Morgan fingerprint density at radius 2 is 1.71 bits per heavy atom. The lowest BCUT2D eigenvalue weighted by atomic mass is 10.2. The van der Waals surface area contributed by atoms with E-state index in [1.165, 1.54) is 36.6 Å². The number of hydrogen-bond donors (Lipinski definition) is 0. The van der Waals surface area contributed by atoms with Gasteiger partial charge in [-0.1, -0.05) is 0 Å². The molecule has 0 aromatic heterocycles. The molecule has 92 valence electrons. The summed E-state index contributed by atoms with van der Waals surface area (Å²) >= 11 is 0. The molecule has 0 aliphatic heterocycles. The number of ether oxygens (including phenoxy) is 1. The average Bonchev–Trinajstić information content (AvgIpc) is 2.25. The van der Waals surface area contributed by atoms with Crippen molar-refractivity contribution in [3.63, 3.8) is 0 Å². The minimum Gasteiger partial charge on any atom is -0.497 e. The molecule has 0 bridgehead atoms. The van der Waals surface area contributed by atoms with Crippen LogP contribution in [0.15, 0.2) is 24.3 Å². The summed E-state index contributed by atoms with van der Waals surface area (Å²) < 4.78 is 61.9. The molecule has 0 saturated heterocycles. The van der Waals surface area contributed by atoms with Crippen molar-refractivity contribution in [3.8, 4) is 16.9 Å². The minimum atomic E-state index is -5.40. The van der Waals surface area contributed by atoms with Gasteiger partial charge in [-0.3, -0.25) is 0 Å². The molecule has 0 atom stereocenters. The first-order chi connectivity index (χ1) is 7.76. The molecular weight excluding hydrogens is 257 g/mol. The van der Waals surface area contributed by atoms with Crippen LogP contribution in [0, 0.1) is 11.2 Å². The summed E-state index contributed by atoms with van der Waals surface area (Å²) in [5.41, 5.74) is -5.20. The van der Waals surface area contributed by atoms with Gasteiger partial charge in [-0.2, -0.15) is 13.2 Å². The normalized spacial score (nSPS) is 11.5. The molecule has 0 heterocycles. The van der Waals surface area contributed by atoms with Crippen molar-refractivity contribution >= 4 is 9.84 Å². The fraction of sp³-hybridized carbons (Fsp3) is 0.200. The predicted molar refractivity (Wildman–Crippen MR) is 54.8 cm³/mol. The van der Waals surface area contributed by atoms with Crippen molar-refractivity contribution in [2.75, 3.05) is 7.11 Å². The molecule has 0 unspecified atom stereocenters. The van der Waals surface area contributed by atoms with Crippen molar-refractivity contribution in [1.82, 2.24) is 0 Å². The molecular formula is C10H7F3O3S. The summed E-state index contributed by atoms with van der Waals surface area (Å²) in [4.78, 5) is 0. The van der Waals surface area contributed by atoms with Crippen LogP contribution in [0.4, 0.5) is 13.2 Å². The number of hydrogen-bond acceptors (Lipinski definition) is 3. The van der Waals surface area contributed by atoms with Crippen molar-refractivity contribution < 1.29 is 26.3 Å². The van der Waals surface area contributed by atoms with Gasteiger partial charge in [-0.05, 0) is 30.2 Å². The molecule has 0 amide bonds. The zero-order valence-electron chi connectivity index (χ0n) is 8.58. The lowest BCUT2D eigenvalue weighted by Crippen LogP contribution is -2.20. The van der Waals surface area contributed by atoms with Gasteiger partial charge in [0.2, 0.25) is 0 Å². The molecule has 0 radical (unpaired) electrons. The quantitative estimate of drug-likeness (QED) is 0.728. The van der Waals surface area contributed by atoms with Crippen LogP contribution in [0.1, 0.15) is 5.56 Å². The Morgan fingerprint density at radius 3 is 2.12 bits per heavy atom. The maximum absolute atomic E-state index is 11.9. The third-order valence-corrected chi connectivity index (χ3v) is 2.70. The summed E-state index contributed by atoms with van der Waals surface area (Å²) in [5.74, 6) is 2.42. The number of rotatable bonds is 1. The Bertz CT molecular complexity index is 547. The van der Waals surface area contributed by atoms with Crippen LogP contribution in [0.2, 0.25) is 0 Å². The molecule has 0 spiro atoms. The van der Waals surface area contributed by atoms with Gasteiger partial charge in [0.1, 0.15) is 5.75 Å². The van der Waals surface area contributed by atoms with Gasteiger partial charge in [0.15, 0.2) is 0 Å². The number of alkyl halides is 3. The number of sulfone groups is 1. The summed E-state index contributed by atoms with van der Waals surface area (Å²) in [5, 5.41) is 1.21. The van der Waals surface area contributed by atoms with Crippen LogP contribution in [0.5, 0.6) is 5.75 Å². The van der Waals surface area contributed by atoms with Crippen molar-refractivity contribution in [1.29, 1.82) is 0 Å². The van der Waals surface area contributed by atoms with Crippen molar-refractivity contribution in [2.45, 2.75) is 5.51 Å². The first kappa shape index (κ1) is 13.4. The molecule has 0 fully saturated rings. The highest BCUT2D eigenvalue weighted by Gasteiger charge is 2.44. The van der Waals surface area contributed by atoms with Crippen molar-refractivity contribution in [3.05, 3.63) is 29.8 Å². The summed E-state index contributed by atoms with van der Waals surface area (Å²) in [7, 11) is -3.98. The molecule has 1 aromatic rings. The zero-order chi connectivity index (χ0) is 13.1. The van der Waals surface area contributed by atoms with Crippen LogP contribution in [-0.2, 0) is 9.84 Å². The third kappa shape index (κ3) is 3.39. The summed E-state index contributed by atoms with van der Waals surface area (Å²) in [6, 6.07) is 5.64. The van der Waals surface area contributed by atoms with E-state index in [9.17, 15) is 21.6 Å². The molecule has 0 saturated carbocycles. The lowest BCUT2D eigenvalue weighted by molar-refractivity contribution is -0.0420. The highest BCUT2D eigenvalue weighted by atomic mass is 32.2. The fourth-order valence-electron chi connectivity index (χ4n) is 0.858. The second-order valence-corrected chi connectivity index (χ2v) is 4.58. The van der Waals surface area contributed by atoms with Gasteiger partial charge in [0, 0.05) is 10.8 Å². The fourth-order valence-corrected chi connectivity index (χ4v) is 1.23. The molecule has 0 aliphatic carbocycles. The Kier molecular flexibility index (Phi) is 3.68. The van der Waals surface area contributed by atoms with E-state index in [0.29, 0.717) is 5.75 Å². The lowest BCUT2D eigenvalue weighted by Gasteiger charge is -2.00. The Labute approximate surface area is 96.1 Å². The van der Waals surface area contributed by atoms with Gasteiger partial charge in [0.05, 0.1) is 7.11 Å². The molecule has 17 heavy (non-hydrogen) atoms. The smallest absolute Gasteiger partial charge is 0.497 e. The summed E-state index contributed by atoms with van der Waals surface area (Å²) in [6.07, 6.45) is 0.